The van der Waals surface area contributed by atoms with Crippen LogP contribution in [-0.4, -0.2) is 29.9 Å². The number of benzene rings is 1. The number of amides is 1. The van der Waals surface area contributed by atoms with E-state index >= 15 is 0 Å². The lowest BCUT2D eigenvalue weighted by Gasteiger charge is -2.15. The molecular formula is C16H19ClN2O2. The summed E-state index contributed by atoms with van der Waals surface area (Å²) in [6.07, 6.45) is 0. The van der Waals surface area contributed by atoms with E-state index in [1.165, 1.54) is 5.56 Å². The Bertz CT molecular complexity index is 612. The summed E-state index contributed by atoms with van der Waals surface area (Å²) in [6, 6.07) is 13.6. The molecule has 3 rings (SSSR count). The van der Waals surface area contributed by atoms with Crippen LogP contribution in [0.5, 0.6) is 0 Å². The van der Waals surface area contributed by atoms with Crippen molar-refractivity contribution >= 4 is 18.3 Å². The lowest BCUT2D eigenvalue weighted by atomic mass is 9.95. The number of hydrogen-bond donors (Lipinski definition) is 1. The normalized spacial score (nSPS) is 21.1. The van der Waals surface area contributed by atoms with Crippen molar-refractivity contribution < 1.29 is 9.21 Å². The molecule has 1 fully saturated rings. The van der Waals surface area contributed by atoms with Crippen molar-refractivity contribution in [3.05, 3.63) is 59.5 Å². The molecular weight excluding hydrogens is 288 g/mol. The molecule has 0 aliphatic carbocycles. The van der Waals surface area contributed by atoms with Gasteiger partial charge in [-0.05, 0) is 24.6 Å². The third-order valence-electron chi connectivity index (χ3n) is 3.83. The summed E-state index contributed by atoms with van der Waals surface area (Å²) >= 11 is 0. The number of hydrogen-bond acceptors (Lipinski definition) is 3. The maximum absolute atomic E-state index is 12.4. The van der Waals surface area contributed by atoms with Crippen molar-refractivity contribution in [3.63, 3.8) is 0 Å². The summed E-state index contributed by atoms with van der Waals surface area (Å²) in [4.78, 5) is 14.1. The highest BCUT2D eigenvalue weighted by atomic mass is 35.5. The van der Waals surface area contributed by atoms with Gasteiger partial charge in [0.05, 0.1) is 0 Å². The van der Waals surface area contributed by atoms with Crippen LogP contribution in [0.25, 0.3) is 0 Å². The van der Waals surface area contributed by atoms with Gasteiger partial charge in [0.15, 0.2) is 5.76 Å². The average molecular weight is 307 g/mol. The molecule has 112 valence electrons. The van der Waals surface area contributed by atoms with E-state index in [1.54, 1.807) is 17.0 Å². The second kappa shape index (κ2) is 6.33. The third kappa shape index (κ3) is 3.12. The molecule has 1 amide bonds. The van der Waals surface area contributed by atoms with Crippen LogP contribution >= 0.6 is 12.4 Å². The standard InChI is InChI=1S/C16H18N2O2.ClH/c1-11-7-8-15(20-11)16(19)18-9-13(14(17)10-18)12-5-3-2-4-6-12;/h2-8,13-14H,9-10,17H2,1H3;1H/t13-,14+;/m0./s1. The minimum Gasteiger partial charge on any atom is -0.456 e. The first-order valence-electron chi connectivity index (χ1n) is 6.81. The fourth-order valence-electron chi connectivity index (χ4n) is 2.75. The molecule has 0 saturated carbocycles. The molecule has 2 N–H and O–H groups in total. The van der Waals surface area contributed by atoms with Crippen LogP contribution in [0.4, 0.5) is 0 Å². The summed E-state index contributed by atoms with van der Waals surface area (Å²) in [5.74, 6) is 1.25. The number of furan rings is 1. The Kier molecular flexibility index (Phi) is 4.70. The summed E-state index contributed by atoms with van der Waals surface area (Å²) in [5, 5.41) is 0. The van der Waals surface area contributed by atoms with E-state index in [2.05, 4.69) is 12.1 Å². The van der Waals surface area contributed by atoms with Crippen molar-refractivity contribution in [1.29, 1.82) is 0 Å². The average Bonchev–Trinajstić information content (AvgIpc) is 3.05. The number of halogens is 1. The summed E-state index contributed by atoms with van der Waals surface area (Å²) in [6.45, 7) is 3.04. The number of carbonyl (C=O) groups excluding carboxylic acids is 1. The molecule has 1 aliphatic rings. The number of likely N-dealkylation sites (tertiary alicyclic amines) is 1. The van der Waals surface area contributed by atoms with Crippen LogP contribution in [0.1, 0.15) is 27.8 Å². The van der Waals surface area contributed by atoms with Gasteiger partial charge in [-0.3, -0.25) is 4.79 Å². The van der Waals surface area contributed by atoms with Crippen LogP contribution in [0.15, 0.2) is 46.9 Å². The van der Waals surface area contributed by atoms with E-state index in [1.807, 2.05) is 25.1 Å². The van der Waals surface area contributed by atoms with Gasteiger partial charge in [0.1, 0.15) is 5.76 Å². The minimum atomic E-state index is -0.0769. The van der Waals surface area contributed by atoms with Crippen LogP contribution in [0.2, 0.25) is 0 Å². The molecule has 1 saturated heterocycles. The van der Waals surface area contributed by atoms with Gasteiger partial charge in [0, 0.05) is 25.0 Å². The Morgan fingerprint density at radius 3 is 2.52 bits per heavy atom. The zero-order valence-electron chi connectivity index (χ0n) is 11.9. The first kappa shape index (κ1) is 15.6. The highest BCUT2D eigenvalue weighted by molar-refractivity contribution is 5.91. The molecule has 2 heterocycles. The number of rotatable bonds is 2. The fraction of sp³-hybridized carbons (Fsp3) is 0.312. The topological polar surface area (TPSA) is 59.5 Å². The Balaban J connectivity index is 0.00000161. The Labute approximate surface area is 130 Å². The van der Waals surface area contributed by atoms with Gasteiger partial charge in [0.2, 0.25) is 0 Å². The molecule has 2 atom stereocenters. The van der Waals surface area contributed by atoms with Gasteiger partial charge >= 0.3 is 0 Å². The van der Waals surface area contributed by atoms with E-state index in [0.717, 1.165) is 5.76 Å². The Morgan fingerprint density at radius 2 is 1.90 bits per heavy atom. The van der Waals surface area contributed by atoms with Crippen LogP contribution in [0.3, 0.4) is 0 Å². The van der Waals surface area contributed by atoms with E-state index < -0.39 is 0 Å². The molecule has 0 radical (unpaired) electrons. The number of carbonyl (C=O) groups is 1. The summed E-state index contributed by atoms with van der Waals surface area (Å²) < 4.78 is 5.40. The smallest absolute Gasteiger partial charge is 0.289 e. The molecule has 21 heavy (non-hydrogen) atoms. The van der Waals surface area contributed by atoms with Crippen molar-refractivity contribution in [3.8, 4) is 0 Å². The lowest BCUT2D eigenvalue weighted by Crippen LogP contribution is -2.32. The molecule has 1 aromatic carbocycles. The van der Waals surface area contributed by atoms with Gasteiger partial charge in [-0.15, -0.1) is 12.4 Å². The molecule has 1 aromatic heterocycles. The fourth-order valence-corrected chi connectivity index (χ4v) is 2.75. The van der Waals surface area contributed by atoms with Crippen LogP contribution < -0.4 is 5.73 Å². The zero-order chi connectivity index (χ0) is 14.1. The van der Waals surface area contributed by atoms with E-state index in [-0.39, 0.29) is 30.3 Å². The minimum absolute atomic E-state index is 0. The maximum Gasteiger partial charge on any atom is 0.289 e. The third-order valence-corrected chi connectivity index (χ3v) is 3.83. The van der Waals surface area contributed by atoms with Crippen molar-refractivity contribution in [1.82, 2.24) is 4.90 Å². The molecule has 0 spiro atoms. The second-order valence-electron chi connectivity index (χ2n) is 5.30. The molecule has 2 aromatic rings. The predicted octanol–water partition coefficient (Wildman–Crippen LogP) is 2.58. The number of aryl methyl sites for hydroxylation is 1. The molecule has 5 heteroatoms. The number of nitrogens with zero attached hydrogens (tertiary/aromatic N) is 1. The highest BCUT2D eigenvalue weighted by Gasteiger charge is 2.35. The first-order valence-corrected chi connectivity index (χ1v) is 6.81. The van der Waals surface area contributed by atoms with Gasteiger partial charge in [-0.25, -0.2) is 0 Å². The van der Waals surface area contributed by atoms with Gasteiger partial charge in [0.25, 0.3) is 5.91 Å². The summed E-state index contributed by atoms with van der Waals surface area (Å²) in [7, 11) is 0. The Hall–Kier alpha value is -1.78. The van der Waals surface area contributed by atoms with Gasteiger partial charge < -0.3 is 15.1 Å². The van der Waals surface area contributed by atoms with Gasteiger partial charge in [-0.1, -0.05) is 30.3 Å². The predicted molar refractivity (Wildman–Crippen MR) is 83.8 cm³/mol. The molecule has 0 unspecified atom stereocenters. The zero-order valence-corrected chi connectivity index (χ0v) is 12.7. The Morgan fingerprint density at radius 1 is 1.19 bits per heavy atom. The van der Waals surface area contributed by atoms with E-state index in [0.29, 0.717) is 18.8 Å². The SMILES string of the molecule is Cc1ccc(C(=O)N2C[C@@H](N)[C@H](c3ccccc3)C2)o1.Cl. The molecule has 4 nitrogen and oxygen atoms in total. The van der Waals surface area contributed by atoms with E-state index in [4.69, 9.17) is 10.2 Å². The molecule has 1 aliphatic heterocycles. The molecule has 0 bridgehead atoms. The van der Waals surface area contributed by atoms with Crippen molar-refractivity contribution in [2.75, 3.05) is 13.1 Å². The monoisotopic (exact) mass is 306 g/mol. The lowest BCUT2D eigenvalue weighted by molar-refractivity contribution is 0.0756. The summed E-state index contributed by atoms with van der Waals surface area (Å²) in [5.41, 5.74) is 7.38. The van der Waals surface area contributed by atoms with Crippen LogP contribution in [-0.2, 0) is 0 Å². The highest BCUT2D eigenvalue weighted by Crippen LogP contribution is 2.27. The second-order valence-corrected chi connectivity index (χ2v) is 5.30. The quantitative estimate of drug-likeness (QED) is 0.927. The first-order chi connectivity index (χ1) is 9.65. The van der Waals surface area contributed by atoms with E-state index in [9.17, 15) is 4.79 Å². The van der Waals surface area contributed by atoms with Crippen molar-refractivity contribution in [2.45, 2.75) is 18.9 Å². The maximum atomic E-state index is 12.4. The largest absolute Gasteiger partial charge is 0.456 e. The van der Waals surface area contributed by atoms with Gasteiger partial charge in [-0.2, -0.15) is 0 Å². The van der Waals surface area contributed by atoms with Crippen molar-refractivity contribution in [2.24, 2.45) is 5.73 Å². The van der Waals surface area contributed by atoms with Crippen LogP contribution in [0, 0.1) is 6.92 Å². The number of nitrogens with two attached hydrogens (primary N) is 1.